The summed E-state index contributed by atoms with van der Waals surface area (Å²) < 4.78 is 0. The fourth-order valence-electron chi connectivity index (χ4n) is 2.27. The van der Waals surface area contributed by atoms with Gasteiger partial charge in [0.05, 0.1) is 11.4 Å². The van der Waals surface area contributed by atoms with Gasteiger partial charge in [-0.15, -0.1) is 0 Å². The Bertz CT molecular complexity index is 621. The molecule has 0 atom stereocenters. The van der Waals surface area contributed by atoms with E-state index in [1.165, 1.54) is 0 Å². The molecule has 0 aliphatic carbocycles. The predicted octanol–water partition coefficient (Wildman–Crippen LogP) is 1.24. The van der Waals surface area contributed by atoms with Crippen molar-refractivity contribution in [2.45, 2.75) is 6.42 Å². The molecule has 6 nitrogen and oxygen atoms in total. The third-order valence-corrected chi connectivity index (χ3v) is 3.31. The Morgan fingerprint density at radius 2 is 2.21 bits per heavy atom. The average Bonchev–Trinajstić information content (AvgIpc) is 2.98. The zero-order valence-corrected chi connectivity index (χ0v) is 10.6. The number of hydrogen-bond donors (Lipinski definition) is 2. The van der Waals surface area contributed by atoms with Gasteiger partial charge in [-0.25, -0.2) is 0 Å². The summed E-state index contributed by atoms with van der Waals surface area (Å²) in [7, 11) is 1.79. The van der Waals surface area contributed by atoms with Crippen LogP contribution in [0.3, 0.4) is 0 Å². The van der Waals surface area contributed by atoms with Gasteiger partial charge >= 0.3 is 0 Å². The second-order valence-corrected chi connectivity index (χ2v) is 4.55. The lowest BCUT2D eigenvalue weighted by Gasteiger charge is -2.26. The van der Waals surface area contributed by atoms with Crippen LogP contribution in [0.25, 0.3) is 11.3 Å². The summed E-state index contributed by atoms with van der Waals surface area (Å²) in [6, 6.07) is 9.73. The van der Waals surface area contributed by atoms with Crippen LogP contribution in [0.4, 0.5) is 11.5 Å². The quantitative estimate of drug-likeness (QED) is 0.848. The zero-order valence-electron chi connectivity index (χ0n) is 10.6. The molecule has 0 spiro atoms. The molecule has 0 unspecified atom stereocenters. The van der Waals surface area contributed by atoms with E-state index in [0.29, 0.717) is 18.8 Å². The summed E-state index contributed by atoms with van der Waals surface area (Å²) in [5.41, 5.74) is 8.46. The number of rotatable bonds is 2. The van der Waals surface area contributed by atoms with Crippen LogP contribution < -0.4 is 10.7 Å². The maximum Gasteiger partial charge on any atom is 0.242 e. The molecule has 1 aromatic heterocycles. The van der Waals surface area contributed by atoms with Crippen LogP contribution in [0.1, 0.15) is 6.42 Å². The van der Waals surface area contributed by atoms with Crippen molar-refractivity contribution < 1.29 is 4.79 Å². The van der Waals surface area contributed by atoms with E-state index in [0.717, 1.165) is 16.9 Å². The van der Waals surface area contributed by atoms with Gasteiger partial charge in [-0.2, -0.15) is 5.10 Å². The third kappa shape index (κ3) is 2.01. The van der Waals surface area contributed by atoms with Crippen LogP contribution in [-0.4, -0.2) is 34.7 Å². The molecule has 1 aliphatic rings. The number of benzene rings is 1. The Morgan fingerprint density at radius 3 is 2.84 bits per heavy atom. The fourth-order valence-corrected chi connectivity index (χ4v) is 2.27. The van der Waals surface area contributed by atoms with E-state index in [4.69, 9.17) is 5.73 Å². The Labute approximate surface area is 110 Å². The molecule has 1 amide bonds. The molecule has 0 saturated carbocycles. The first-order chi connectivity index (χ1) is 9.15. The van der Waals surface area contributed by atoms with Crippen molar-refractivity contribution in [1.29, 1.82) is 0 Å². The molecule has 1 fully saturated rings. The molecule has 1 aliphatic heterocycles. The molecule has 6 heteroatoms. The summed E-state index contributed by atoms with van der Waals surface area (Å²) in [5, 5.41) is 10.4. The number of carbonyl (C=O) groups is 1. The van der Waals surface area contributed by atoms with E-state index in [1.54, 1.807) is 18.1 Å². The number of nitrogens with one attached hydrogen (secondary N) is 1. The smallest absolute Gasteiger partial charge is 0.242 e. The van der Waals surface area contributed by atoms with E-state index in [9.17, 15) is 4.79 Å². The number of carbonyl (C=O) groups excluding carboxylic acids is 1. The molecule has 2 aromatic rings. The summed E-state index contributed by atoms with van der Waals surface area (Å²) >= 11 is 0. The molecule has 3 rings (SSSR count). The van der Waals surface area contributed by atoms with E-state index in [1.807, 2.05) is 29.3 Å². The second kappa shape index (κ2) is 4.31. The molecule has 98 valence electrons. The molecule has 0 bridgehead atoms. The first-order valence-corrected chi connectivity index (χ1v) is 6.10. The van der Waals surface area contributed by atoms with Crippen LogP contribution >= 0.6 is 0 Å². The van der Waals surface area contributed by atoms with Crippen molar-refractivity contribution >= 4 is 17.4 Å². The van der Waals surface area contributed by atoms with Gasteiger partial charge in [0.25, 0.3) is 0 Å². The highest BCUT2D eigenvalue weighted by Gasteiger charge is 2.25. The number of nitrogen functional groups attached to an aromatic ring is 1. The molecule has 1 saturated heterocycles. The summed E-state index contributed by atoms with van der Waals surface area (Å²) in [4.78, 5) is 11.6. The summed E-state index contributed by atoms with van der Waals surface area (Å²) in [5.74, 6) is 0.602. The molecule has 3 N–H and O–H groups in total. The van der Waals surface area contributed by atoms with Gasteiger partial charge in [0.2, 0.25) is 5.91 Å². The van der Waals surface area contributed by atoms with Crippen LogP contribution in [0.5, 0.6) is 0 Å². The lowest BCUT2D eigenvalue weighted by molar-refractivity contribution is -0.126. The van der Waals surface area contributed by atoms with Gasteiger partial charge < -0.3 is 5.73 Å². The molecule has 19 heavy (non-hydrogen) atoms. The molecular formula is C13H15N5O. The Balaban J connectivity index is 1.94. The van der Waals surface area contributed by atoms with E-state index in [2.05, 4.69) is 10.2 Å². The van der Waals surface area contributed by atoms with Crippen molar-refractivity contribution in [2.24, 2.45) is 0 Å². The predicted molar refractivity (Wildman–Crippen MR) is 73.2 cm³/mol. The highest BCUT2D eigenvalue weighted by atomic mass is 16.2. The number of hydrazine groups is 1. The number of amides is 1. The topological polar surface area (TPSA) is 78.2 Å². The lowest BCUT2D eigenvalue weighted by atomic mass is 10.1. The number of nitrogens with zero attached hydrogens (tertiary/aromatic N) is 3. The minimum Gasteiger partial charge on any atom is -0.382 e. The van der Waals surface area contributed by atoms with Gasteiger partial charge in [0.1, 0.15) is 5.82 Å². The highest BCUT2D eigenvalue weighted by molar-refractivity contribution is 5.82. The molecule has 1 aromatic carbocycles. The van der Waals surface area contributed by atoms with E-state index < -0.39 is 0 Å². The number of aromatic nitrogens is 2. The maximum atomic E-state index is 11.6. The van der Waals surface area contributed by atoms with Crippen molar-refractivity contribution in [3.05, 3.63) is 30.3 Å². The largest absolute Gasteiger partial charge is 0.382 e. The van der Waals surface area contributed by atoms with Crippen LogP contribution in [0.15, 0.2) is 30.3 Å². The molecule has 0 radical (unpaired) electrons. The Morgan fingerprint density at radius 1 is 1.37 bits per heavy atom. The van der Waals surface area contributed by atoms with Crippen LogP contribution in [0.2, 0.25) is 0 Å². The van der Waals surface area contributed by atoms with Gasteiger partial charge in [0.15, 0.2) is 0 Å². The Kier molecular flexibility index (Phi) is 2.63. The first kappa shape index (κ1) is 11.6. The average molecular weight is 257 g/mol. The van der Waals surface area contributed by atoms with Crippen LogP contribution in [-0.2, 0) is 4.79 Å². The standard InChI is InChI=1S/C13H15N5O/c1-17-13(19)5-6-18(17)10-4-2-3-9(7-10)11-8-12(14)16-15-11/h2-4,7-8H,5-6H2,1H3,(H3,14,15,16). The molecule has 2 heterocycles. The fraction of sp³-hybridized carbons (Fsp3) is 0.231. The number of aromatic amines is 1. The van der Waals surface area contributed by atoms with Crippen molar-refractivity contribution in [3.8, 4) is 11.3 Å². The number of anilines is 2. The van der Waals surface area contributed by atoms with Crippen molar-refractivity contribution in [2.75, 3.05) is 24.3 Å². The van der Waals surface area contributed by atoms with Gasteiger partial charge in [-0.3, -0.25) is 19.9 Å². The second-order valence-electron chi connectivity index (χ2n) is 4.55. The van der Waals surface area contributed by atoms with E-state index >= 15 is 0 Å². The highest BCUT2D eigenvalue weighted by Crippen LogP contribution is 2.27. The number of hydrogen-bond acceptors (Lipinski definition) is 4. The zero-order chi connectivity index (χ0) is 13.4. The van der Waals surface area contributed by atoms with Crippen molar-refractivity contribution in [1.82, 2.24) is 15.2 Å². The normalized spacial score (nSPS) is 15.3. The first-order valence-electron chi connectivity index (χ1n) is 6.10. The van der Waals surface area contributed by atoms with Crippen LogP contribution in [0, 0.1) is 0 Å². The molecular weight excluding hydrogens is 242 g/mol. The van der Waals surface area contributed by atoms with Crippen molar-refractivity contribution in [3.63, 3.8) is 0 Å². The van der Waals surface area contributed by atoms with Gasteiger partial charge in [0, 0.05) is 31.6 Å². The van der Waals surface area contributed by atoms with E-state index in [-0.39, 0.29) is 5.91 Å². The minimum atomic E-state index is 0.135. The van der Waals surface area contributed by atoms with Gasteiger partial charge in [-0.1, -0.05) is 12.1 Å². The van der Waals surface area contributed by atoms with Gasteiger partial charge in [-0.05, 0) is 12.1 Å². The number of nitrogens with two attached hydrogens (primary N) is 1. The summed E-state index contributed by atoms with van der Waals surface area (Å²) in [6.07, 6.45) is 0.553. The maximum absolute atomic E-state index is 11.6. The lowest BCUT2D eigenvalue weighted by Crippen LogP contribution is -2.35. The SMILES string of the molecule is CN1C(=O)CCN1c1cccc(-c2cc(N)n[nH]2)c1. The summed E-state index contributed by atoms with van der Waals surface area (Å²) in [6.45, 7) is 0.712. The monoisotopic (exact) mass is 257 g/mol. The third-order valence-electron chi connectivity index (χ3n) is 3.31. The number of H-pyrrole nitrogens is 1. The Hall–Kier alpha value is -2.50. The minimum absolute atomic E-state index is 0.135.